The molecular weight excluding hydrogens is 922 g/mol. The summed E-state index contributed by atoms with van der Waals surface area (Å²) in [6.45, 7) is 11.5. The summed E-state index contributed by atoms with van der Waals surface area (Å²) in [5.74, 6) is -3.39. The molecule has 3 amide bonds. The normalized spacial score (nSPS) is 21.4. The molecule has 19 nitrogen and oxygen atoms in total. The van der Waals surface area contributed by atoms with Gasteiger partial charge in [-0.2, -0.15) is 0 Å². The molecule has 382 valence electrons. The third-order valence-corrected chi connectivity index (χ3v) is 11.3. The molecule has 4 rings (SSSR count). The number of esters is 2. The highest BCUT2D eigenvalue weighted by molar-refractivity contribution is 6.32. The average Bonchev–Trinajstić information content (AvgIpc) is 4.11. The standard InChI is InChI=1S/C49H68ClN3O16/c1-31(2)26-40-46(58)67-38(8-7-9-41(54)53-37(28-34-12-15-39(61-6)36(50)27-34)45(57)52-30-49(4,5)47(59)68-40)32(3)43-44(69-43)35-13-10-33(11-14-35)29-66-48(60)51-17-19-63-21-23-65-25-24-64-22-20-62-18-16-42(55)56/h7,9-15,27,31-32,37-38,40,43-44H,8,16-26,28-30H2,1-6H3,(H,51,60)(H,52,57)(H,53,54)(H,55,56)/t32-,37+,38-,40-,43-,44-/m0/s1. The minimum Gasteiger partial charge on any atom is -0.495 e. The van der Waals surface area contributed by atoms with Gasteiger partial charge in [0.25, 0.3) is 0 Å². The van der Waals surface area contributed by atoms with Crippen LogP contribution in [0.15, 0.2) is 54.6 Å². The number of alkyl carbamates (subject to hydrolysis) is 1. The second-order valence-electron chi connectivity index (χ2n) is 17.7. The highest BCUT2D eigenvalue weighted by Crippen LogP contribution is 2.45. The number of carbonyl (C=O) groups is 6. The first-order valence-corrected chi connectivity index (χ1v) is 23.5. The molecule has 2 aliphatic heterocycles. The Balaban J connectivity index is 1.29. The van der Waals surface area contributed by atoms with E-state index in [9.17, 15) is 28.8 Å². The summed E-state index contributed by atoms with van der Waals surface area (Å²) < 4.78 is 50.0. The number of hydrogen-bond donors (Lipinski definition) is 4. The topological polar surface area (TPSA) is 245 Å². The fraction of sp³-hybridized carbons (Fsp3) is 0.592. The first-order chi connectivity index (χ1) is 33.0. The molecule has 2 aliphatic rings. The highest BCUT2D eigenvalue weighted by atomic mass is 35.5. The van der Waals surface area contributed by atoms with Crippen LogP contribution in [0.25, 0.3) is 0 Å². The molecule has 1 fully saturated rings. The molecule has 4 N–H and O–H groups in total. The van der Waals surface area contributed by atoms with Crippen molar-refractivity contribution in [2.45, 2.75) is 97.4 Å². The Morgan fingerprint density at radius 1 is 0.884 bits per heavy atom. The zero-order chi connectivity index (χ0) is 50.3. The van der Waals surface area contributed by atoms with Gasteiger partial charge in [0.15, 0.2) is 6.10 Å². The predicted octanol–water partition coefficient (Wildman–Crippen LogP) is 4.89. The third-order valence-electron chi connectivity index (χ3n) is 11.0. The summed E-state index contributed by atoms with van der Waals surface area (Å²) in [6.07, 6.45) is -0.0988. The van der Waals surface area contributed by atoms with Gasteiger partial charge in [0.2, 0.25) is 11.8 Å². The Morgan fingerprint density at radius 2 is 1.52 bits per heavy atom. The van der Waals surface area contributed by atoms with E-state index in [1.165, 1.54) is 13.2 Å². The van der Waals surface area contributed by atoms with E-state index in [1.807, 2.05) is 45.0 Å². The zero-order valence-corrected chi connectivity index (χ0v) is 41.0. The number of rotatable bonds is 25. The van der Waals surface area contributed by atoms with Crippen LogP contribution in [0, 0.1) is 17.3 Å². The van der Waals surface area contributed by atoms with Crippen LogP contribution in [0.5, 0.6) is 5.75 Å². The Hall–Kier alpha value is -5.31. The summed E-state index contributed by atoms with van der Waals surface area (Å²) in [4.78, 5) is 77.1. The smallest absolute Gasteiger partial charge is 0.407 e. The number of cyclic esters (lactones) is 2. The number of ether oxygens (including phenoxy) is 9. The maximum Gasteiger partial charge on any atom is 0.407 e. The fourth-order valence-electron chi connectivity index (χ4n) is 6.97. The maximum absolute atomic E-state index is 13.8. The van der Waals surface area contributed by atoms with Crippen LogP contribution >= 0.6 is 11.6 Å². The number of carboxylic acid groups (broad SMARTS) is 1. The summed E-state index contributed by atoms with van der Waals surface area (Å²) in [7, 11) is 1.49. The molecule has 6 atom stereocenters. The lowest BCUT2D eigenvalue weighted by atomic mass is 9.92. The van der Waals surface area contributed by atoms with Gasteiger partial charge in [-0.3, -0.25) is 19.2 Å². The van der Waals surface area contributed by atoms with Crippen molar-refractivity contribution in [2.75, 3.05) is 73.1 Å². The van der Waals surface area contributed by atoms with Crippen LogP contribution in [-0.4, -0.2) is 138 Å². The molecule has 1 saturated heterocycles. The lowest BCUT2D eigenvalue weighted by molar-refractivity contribution is -0.179. The van der Waals surface area contributed by atoms with Gasteiger partial charge < -0.3 is 63.7 Å². The number of halogens is 1. The first kappa shape index (κ1) is 56.3. The SMILES string of the molecule is COc1ccc(C[C@H]2NC(=O)C=CC[C@@H]([C@H](C)[C@@H]3O[C@H]3c3ccc(COC(=O)NCCOCCOCCOCCOCCC(=O)O)cc3)OC(=O)[C@H](CC(C)C)OC(=O)C(C)(C)CNC2=O)cc1Cl. The van der Waals surface area contributed by atoms with Crippen molar-refractivity contribution in [3.63, 3.8) is 0 Å². The molecule has 2 aromatic carbocycles. The van der Waals surface area contributed by atoms with E-state index in [0.717, 1.165) is 11.1 Å². The van der Waals surface area contributed by atoms with Gasteiger partial charge in [0, 0.05) is 31.8 Å². The van der Waals surface area contributed by atoms with Gasteiger partial charge in [-0.05, 0) is 61.1 Å². The van der Waals surface area contributed by atoms with E-state index in [1.54, 1.807) is 38.1 Å². The lowest BCUT2D eigenvalue weighted by Gasteiger charge is -2.29. The van der Waals surface area contributed by atoms with Crippen molar-refractivity contribution in [3.05, 3.63) is 76.3 Å². The van der Waals surface area contributed by atoms with Crippen LogP contribution in [0.4, 0.5) is 4.79 Å². The molecule has 0 aromatic heterocycles. The van der Waals surface area contributed by atoms with E-state index in [2.05, 4.69) is 16.0 Å². The Labute approximate surface area is 408 Å². The minimum absolute atomic E-state index is 0.0290. The molecule has 20 heteroatoms. The van der Waals surface area contributed by atoms with Crippen LogP contribution < -0.4 is 20.7 Å². The molecular formula is C49H68ClN3O16. The monoisotopic (exact) mass is 989 g/mol. The quantitative estimate of drug-likeness (QED) is 0.0448. The third kappa shape index (κ3) is 20.3. The molecule has 2 aromatic rings. The van der Waals surface area contributed by atoms with Crippen molar-refractivity contribution in [1.82, 2.24) is 16.0 Å². The van der Waals surface area contributed by atoms with E-state index in [-0.39, 0.29) is 82.6 Å². The van der Waals surface area contributed by atoms with Gasteiger partial charge in [-0.1, -0.05) is 68.8 Å². The van der Waals surface area contributed by atoms with Gasteiger partial charge >= 0.3 is 24.0 Å². The van der Waals surface area contributed by atoms with Crippen molar-refractivity contribution < 1.29 is 76.5 Å². The van der Waals surface area contributed by atoms with E-state index >= 15 is 0 Å². The van der Waals surface area contributed by atoms with Crippen molar-refractivity contribution >= 4 is 47.4 Å². The van der Waals surface area contributed by atoms with E-state index in [0.29, 0.717) is 56.0 Å². The van der Waals surface area contributed by atoms with Gasteiger partial charge in [0.1, 0.15) is 30.6 Å². The molecule has 0 saturated carbocycles. The molecule has 0 aliphatic carbocycles. The van der Waals surface area contributed by atoms with E-state index < -0.39 is 59.5 Å². The Kier molecular flexibility index (Phi) is 23.7. The molecule has 0 radical (unpaired) electrons. The summed E-state index contributed by atoms with van der Waals surface area (Å²) >= 11 is 6.36. The van der Waals surface area contributed by atoms with Crippen molar-refractivity contribution in [3.8, 4) is 5.75 Å². The fourth-order valence-corrected chi connectivity index (χ4v) is 7.25. The number of carbonyl (C=O) groups excluding carboxylic acids is 5. The lowest BCUT2D eigenvalue weighted by Crippen LogP contribution is -2.51. The van der Waals surface area contributed by atoms with Gasteiger partial charge in [0.05, 0.1) is 82.9 Å². The zero-order valence-electron chi connectivity index (χ0n) is 40.3. The largest absolute Gasteiger partial charge is 0.495 e. The predicted molar refractivity (Wildman–Crippen MR) is 250 cm³/mol. The Morgan fingerprint density at radius 3 is 2.14 bits per heavy atom. The molecule has 0 spiro atoms. The summed E-state index contributed by atoms with van der Waals surface area (Å²) in [5, 5.41) is 17.1. The summed E-state index contributed by atoms with van der Waals surface area (Å²) in [5.41, 5.74) is 1.02. The molecule has 0 unspecified atom stereocenters. The molecule has 69 heavy (non-hydrogen) atoms. The number of amides is 3. The minimum atomic E-state index is -1.26. The van der Waals surface area contributed by atoms with Gasteiger partial charge in [-0.15, -0.1) is 0 Å². The number of nitrogens with one attached hydrogen (secondary N) is 3. The molecule has 0 bridgehead atoms. The van der Waals surface area contributed by atoms with Crippen LogP contribution in [0.1, 0.15) is 76.7 Å². The maximum atomic E-state index is 13.8. The second-order valence-corrected chi connectivity index (χ2v) is 18.1. The van der Waals surface area contributed by atoms with E-state index in [4.69, 9.17) is 59.3 Å². The van der Waals surface area contributed by atoms with Crippen molar-refractivity contribution in [1.29, 1.82) is 0 Å². The number of carboxylic acids is 1. The highest BCUT2D eigenvalue weighted by Gasteiger charge is 2.48. The first-order valence-electron chi connectivity index (χ1n) is 23.1. The van der Waals surface area contributed by atoms with Crippen molar-refractivity contribution in [2.24, 2.45) is 17.3 Å². The molecule has 2 heterocycles. The van der Waals surface area contributed by atoms with Crippen LogP contribution in [-0.2, 0) is 74.9 Å². The number of benzene rings is 2. The number of epoxide rings is 1. The number of aliphatic carboxylic acids is 1. The second kappa shape index (κ2) is 29.0. The van der Waals surface area contributed by atoms with Crippen LogP contribution in [0.3, 0.4) is 0 Å². The Bertz CT molecular complexity index is 2010. The summed E-state index contributed by atoms with van der Waals surface area (Å²) in [6, 6.07) is 11.4. The van der Waals surface area contributed by atoms with Crippen LogP contribution in [0.2, 0.25) is 5.02 Å². The average molecular weight is 991 g/mol. The van der Waals surface area contributed by atoms with Gasteiger partial charge in [-0.25, -0.2) is 9.59 Å². The number of methoxy groups -OCH3 is 1. The number of hydrogen-bond acceptors (Lipinski definition) is 15.